The van der Waals surface area contributed by atoms with Gasteiger partial charge in [-0.2, -0.15) is 0 Å². The van der Waals surface area contributed by atoms with Crippen LogP contribution in [0.5, 0.6) is 11.5 Å². The number of ether oxygens (including phenoxy) is 1. The predicted molar refractivity (Wildman–Crippen MR) is 86.1 cm³/mol. The molecule has 0 radical (unpaired) electrons. The molecule has 0 saturated carbocycles. The first-order chi connectivity index (χ1) is 8.69. The van der Waals surface area contributed by atoms with Gasteiger partial charge in [-0.1, -0.05) is 22.0 Å². The molecule has 2 N–H and O–H groups in total. The summed E-state index contributed by atoms with van der Waals surface area (Å²) >= 11 is 5.73. The largest absolute Gasteiger partial charge is 0.457 e. The Morgan fingerprint density at radius 1 is 1.11 bits per heavy atom. The van der Waals surface area contributed by atoms with Gasteiger partial charge in [0.2, 0.25) is 0 Å². The zero-order valence-corrected chi connectivity index (χ0v) is 13.4. The van der Waals surface area contributed by atoms with Crippen molar-refractivity contribution in [2.24, 2.45) is 5.73 Å². The van der Waals surface area contributed by atoms with E-state index in [1.807, 2.05) is 42.5 Å². The van der Waals surface area contributed by atoms with Crippen LogP contribution in [0.25, 0.3) is 0 Å². The Labute approximate surface area is 129 Å². The second-order valence-corrected chi connectivity index (χ2v) is 6.01. The molecule has 0 unspecified atom stereocenters. The van der Waals surface area contributed by atoms with E-state index >= 15 is 0 Å². The van der Waals surface area contributed by atoms with Crippen LogP contribution < -0.4 is 10.5 Å². The van der Waals surface area contributed by atoms with Gasteiger partial charge in [0.25, 0.3) is 0 Å². The molecule has 18 heavy (non-hydrogen) atoms. The summed E-state index contributed by atoms with van der Waals surface area (Å²) in [7, 11) is 0. The first-order valence-corrected chi connectivity index (χ1v) is 7.48. The van der Waals surface area contributed by atoms with Crippen molar-refractivity contribution >= 4 is 38.5 Å². The summed E-state index contributed by atoms with van der Waals surface area (Å²) in [6.07, 6.45) is 0.812. The molecule has 0 fully saturated rings. The average molecular weight is 418 g/mol. The number of hydrogen-bond donors (Lipinski definition) is 1. The molecule has 0 saturated heterocycles. The van der Waals surface area contributed by atoms with Crippen molar-refractivity contribution in [1.82, 2.24) is 0 Å². The molecule has 0 amide bonds. The lowest BCUT2D eigenvalue weighted by molar-refractivity contribution is 0.476. The lowest BCUT2D eigenvalue weighted by Crippen LogP contribution is -2.04. The van der Waals surface area contributed by atoms with Crippen molar-refractivity contribution in [3.05, 3.63) is 56.1 Å². The van der Waals surface area contributed by atoms with E-state index in [-0.39, 0.29) is 0 Å². The van der Waals surface area contributed by atoms with Gasteiger partial charge in [-0.25, -0.2) is 0 Å². The molecule has 0 aromatic heterocycles. The van der Waals surface area contributed by atoms with Crippen LogP contribution in [-0.4, -0.2) is 6.54 Å². The zero-order valence-electron chi connectivity index (χ0n) is 9.70. The van der Waals surface area contributed by atoms with Crippen molar-refractivity contribution in [1.29, 1.82) is 0 Å². The summed E-state index contributed by atoms with van der Waals surface area (Å²) in [4.78, 5) is 0. The van der Waals surface area contributed by atoms with E-state index in [1.54, 1.807) is 0 Å². The number of halogens is 2. The van der Waals surface area contributed by atoms with Gasteiger partial charge in [0, 0.05) is 8.04 Å². The van der Waals surface area contributed by atoms with E-state index in [0.29, 0.717) is 6.54 Å². The van der Waals surface area contributed by atoms with E-state index in [4.69, 9.17) is 10.5 Å². The van der Waals surface area contributed by atoms with Gasteiger partial charge in [0.1, 0.15) is 11.5 Å². The fraction of sp³-hybridized carbons (Fsp3) is 0.143. The summed E-state index contributed by atoms with van der Waals surface area (Å²) in [5.74, 6) is 1.70. The van der Waals surface area contributed by atoms with E-state index in [1.165, 1.54) is 3.57 Å². The molecule has 94 valence electrons. The van der Waals surface area contributed by atoms with Gasteiger partial charge in [-0.05, 0) is 77.5 Å². The molecule has 0 aliphatic carbocycles. The fourth-order valence-electron chi connectivity index (χ4n) is 1.62. The molecule has 2 aromatic carbocycles. The van der Waals surface area contributed by atoms with Gasteiger partial charge in [0.15, 0.2) is 0 Å². The highest BCUT2D eigenvalue weighted by atomic mass is 127. The zero-order chi connectivity index (χ0) is 13.0. The first kappa shape index (κ1) is 13.8. The summed E-state index contributed by atoms with van der Waals surface area (Å²) in [5.41, 5.74) is 6.74. The lowest BCUT2D eigenvalue weighted by Gasteiger charge is -2.11. The number of hydrogen-bond acceptors (Lipinski definition) is 2. The molecule has 0 heterocycles. The fourth-order valence-corrected chi connectivity index (χ4v) is 2.31. The van der Waals surface area contributed by atoms with Crippen LogP contribution in [0, 0.1) is 3.57 Å². The topological polar surface area (TPSA) is 35.2 Å². The van der Waals surface area contributed by atoms with Crippen LogP contribution >= 0.6 is 38.5 Å². The van der Waals surface area contributed by atoms with Gasteiger partial charge in [-0.15, -0.1) is 0 Å². The van der Waals surface area contributed by atoms with Crippen LogP contribution in [0.15, 0.2) is 46.9 Å². The highest BCUT2D eigenvalue weighted by Crippen LogP contribution is 2.29. The second kappa shape index (κ2) is 6.54. The maximum absolute atomic E-state index is 5.91. The van der Waals surface area contributed by atoms with Crippen LogP contribution in [0.2, 0.25) is 0 Å². The summed E-state index contributed by atoms with van der Waals surface area (Å²) in [6.45, 7) is 0.616. The molecule has 2 rings (SSSR count). The Morgan fingerprint density at radius 2 is 1.83 bits per heavy atom. The van der Waals surface area contributed by atoms with E-state index < -0.39 is 0 Å². The quantitative estimate of drug-likeness (QED) is 0.750. The van der Waals surface area contributed by atoms with Gasteiger partial charge >= 0.3 is 0 Å². The third kappa shape index (κ3) is 3.70. The maximum atomic E-state index is 5.91. The van der Waals surface area contributed by atoms with Crippen LogP contribution in [0.3, 0.4) is 0 Å². The van der Waals surface area contributed by atoms with Crippen molar-refractivity contribution in [2.45, 2.75) is 6.42 Å². The molecule has 2 nitrogen and oxygen atoms in total. The van der Waals surface area contributed by atoms with Crippen molar-refractivity contribution in [3.63, 3.8) is 0 Å². The molecule has 4 heteroatoms. The standard InChI is InChI=1S/C14H13BrINO/c15-11-2-1-10(7-8-17)14(9-11)18-13-5-3-12(16)4-6-13/h1-6,9H,7-8,17H2. The molecule has 0 aliphatic heterocycles. The number of benzene rings is 2. The summed E-state index contributed by atoms with van der Waals surface area (Å²) in [6, 6.07) is 14.0. The first-order valence-electron chi connectivity index (χ1n) is 5.61. The molecular weight excluding hydrogens is 405 g/mol. The Kier molecular flexibility index (Phi) is 5.03. The third-order valence-corrected chi connectivity index (χ3v) is 3.70. The van der Waals surface area contributed by atoms with Crippen molar-refractivity contribution < 1.29 is 4.74 Å². The minimum absolute atomic E-state index is 0.616. The van der Waals surface area contributed by atoms with E-state index in [0.717, 1.165) is 28.0 Å². The average Bonchev–Trinajstić information content (AvgIpc) is 2.36. The lowest BCUT2D eigenvalue weighted by atomic mass is 10.1. The van der Waals surface area contributed by atoms with Crippen LogP contribution in [0.4, 0.5) is 0 Å². The SMILES string of the molecule is NCCc1ccc(Br)cc1Oc1ccc(I)cc1. The minimum atomic E-state index is 0.616. The third-order valence-electron chi connectivity index (χ3n) is 2.48. The predicted octanol–water partition coefficient (Wildman–Crippen LogP) is 4.35. The highest BCUT2D eigenvalue weighted by molar-refractivity contribution is 14.1. The Morgan fingerprint density at radius 3 is 2.50 bits per heavy atom. The van der Waals surface area contributed by atoms with Gasteiger partial charge < -0.3 is 10.5 Å². The van der Waals surface area contributed by atoms with E-state index in [9.17, 15) is 0 Å². The van der Waals surface area contributed by atoms with Gasteiger partial charge in [0.05, 0.1) is 0 Å². The molecule has 2 aromatic rings. The Bertz CT molecular complexity index is 528. The maximum Gasteiger partial charge on any atom is 0.131 e. The molecular formula is C14H13BrINO. The smallest absolute Gasteiger partial charge is 0.131 e. The van der Waals surface area contributed by atoms with Crippen LogP contribution in [0.1, 0.15) is 5.56 Å². The van der Waals surface area contributed by atoms with Crippen molar-refractivity contribution in [3.8, 4) is 11.5 Å². The molecule has 0 bridgehead atoms. The Balaban J connectivity index is 2.26. The summed E-state index contributed by atoms with van der Waals surface area (Å²) in [5, 5.41) is 0. The van der Waals surface area contributed by atoms with E-state index in [2.05, 4.69) is 38.5 Å². The van der Waals surface area contributed by atoms with Crippen molar-refractivity contribution in [2.75, 3.05) is 6.54 Å². The van der Waals surface area contributed by atoms with Crippen LogP contribution in [-0.2, 0) is 6.42 Å². The molecule has 0 aliphatic rings. The Hall–Kier alpha value is -0.590. The number of rotatable bonds is 4. The summed E-state index contributed by atoms with van der Waals surface area (Å²) < 4.78 is 8.10. The normalized spacial score (nSPS) is 10.4. The molecule has 0 atom stereocenters. The van der Waals surface area contributed by atoms with Gasteiger partial charge in [-0.3, -0.25) is 0 Å². The monoisotopic (exact) mass is 417 g/mol. The minimum Gasteiger partial charge on any atom is -0.457 e. The molecule has 0 spiro atoms. The number of nitrogens with two attached hydrogens (primary N) is 1. The second-order valence-electron chi connectivity index (χ2n) is 3.85. The highest BCUT2D eigenvalue weighted by Gasteiger charge is 2.05.